The van der Waals surface area contributed by atoms with Crippen molar-refractivity contribution in [1.29, 1.82) is 5.26 Å². The second-order valence-electron chi connectivity index (χ2n) is 8.92. The first-order chi connectivity index (χ1) is 13.8. The number of allylic oxidation sites excluding steroid dienone is 2. The van der Waals surface area contributed by atoms with Crippen LogP contribution in [0.3, 0.4) is 0 Å². The van der Waals surface area contributed by atoms with Crippen LogP contribution in [-0.4, -0.2) is 12.7 Å². The van der Waals surface area contributed by atoms with Crippen molar-refractivity contribution in [3.63, 3.8) is 0 Å². The third kappa shape index (κ3) is 6.49. The van der Waals surface area contributed by atoms with Gasteiger partial charge in [0.1, 0.15) is 0 Å². The van der Waals surface area contributed by atoms with E-state index in [1.807, 2.05) is 0 Å². The van der Waals surface area contributed by atoms with E-state index < -0.39 is 0 Å². The van der Waals surface area contributed by atoms with Crippen LogP contribution in [0, 0.1) is 23.2 Å². The van der Waals surface area contributed by atoms with Gasteiger partial charge < -0.3 is 4.74 Å². The normalized spacial score (nSPS) is 28.3. The van der Waals surface area contributed by atoms with E-state index in [9.17, 15) is 0 Å². The second kappa shape index (κ2) is 11.4. The van der Waals surface area contributed by atoms with E-state index in [4.69, 9.17) is 10.00 Å². The highest BCUT2D eigenvalue weighted by atomic mass is 16.5. The molecule has 1 aromatic rings. The van der Waals surface area contributed by atoms with Crippen molar-refractivity contribution in [2.75, 3.05) is 6.61 Å². The van der Waals surface area contributed by atoms with Gasteiger partial charge >= 0.3 is 0 Å². The number of unbranched alkanes of at least 4 members (excludes halogenated alkanes) is 1. The van der Waals surface area contributed by atoms with Gasteiger partial charge in [0.05, 0.1) is 12.2 Å². The lowest BCUT2D eigenvalue weighted by Gasteiger charge is -2.32. The molecule has 2 aliphatic carbocycles. The smallest absolute Gasteiger partial charge is 0.0908 e. The summed E-state index contributed by atoms with van der Waals surface area (Å²) >= 11 is 0. The average molecular weight is 380 g/mol. The molecule has 152 valence electrons. The van der Waals surface area contributed by atoms with Gasteiger partial charge in [-0.3, -0.25) is 0 Å². The lowest BCUT2D eigenvalue weighted by atomic mass is 9.79. The van der Waals surface area contributed by atoms with E-state index in [0.717, 1.165) is 31.3 Å². The summed E-state index contributed by atoms with van der Waals surface area (Å²) < 4.78 is 6.28. The molecule has 0 N–H and O–H groups in total. The summed E-state index contributed by atoms with van der Waals surface area (Å²) in [5, 5.41) is 8.65. The van der Waals surface area contributed by atoms with E-state index in [1.165, 1.54) is 63.4 Å². The van der Waals surface area contributed by atoms with Gasteiger partial charge in [-0.25, -0.2) is 0 Å². The number of aryl methyl sites for hydroxylation is 1. The zero-order valence-electron chi connectivity index (χ0n) is 17.6. The van der Waals surface area contributed by atoms with E-state index in [1.54, 1.807) is 11.6 Å². The number of nitrogens with zero attached hydrogens (tertiary/aromatic N) is 1. The van der Waals surface area contributed by atoms with Crippen molar-refractivity contribution in [2.45, 2.75) is 89.6 Å². The highest BCUT2D eigenvalue weighted by Gasteiger charge is 2.25. The molecule has 0 amide bonds. The molecule has 0 aromatic heterocycles. The maximum atomic E-state index is 8.65. The molecule has 2 saturated carbocycles. The van der Waals surface area contributed by atoms with Gasteiger partial charge in [-0.2, -0.15) is 5.26 Å². The van der Waals surface area contributed by atoms with Crippen LogP contribution < -0.4 is 0 Å². The molecule has 2 fully saturated rings. The van der Waals surface area contributed by atoms with Crippen LogP contribution in [0.1, 0.15) is 88.2 Å². The molecule has 0 saturated heterocycles. The maximum Gasteiger partial charge on any atom is 0.0908 e. The van der Waals surface area contributed by atoms with Crippen LogP contribution in [0.4, 0.5) is 0 Å². The molecular formula is C26H37NO. The van der Waals surface area contributed by atoms with Crippen molar-refractivity contribution in [1.82, 2.24) is 0 Å². The summed E-state index contributed by atoms with van der Waals surface area (Å²) in [6.45, 7) is 3.21. The Bertz CT molecular complexity index is 625. The second-order valence-corrected chi connectivity index (χ2v) is 8.92. The minimum atomic E-state index is 0.445. The van der Waals surface area contributed by atoms with Crippen LogP contribution >= 0.6 is 0 Å². The molecule has 2 heteroatoms. The fourth-order valence-electron chi connectivity index (χ4n) is 4.90. The molecule has 0 aliphatic heterocycles. The molecule has 0 bridgehead atoms. The fourth-order valence-corrected chi connectivity index (χ4v) is 4.90. The van der Waals surface area contributed by atoms with Crippen LogP contribution in [-0.2, 0) is 11.2 Å². The fraction of sp³-hybridized carbons (Fsp3) is 0.654. The molecule has 2 nitrogen and oxygen atoms in total. The molecule has 28 heavy (non-hydrogen) atoms. The third-order valence-corrected chi connectivity index (χ3v) is 6.85. The van der Waals surface area contributed by atoms with Crippen molar-refractivity contribution >= 4 is 0 Å². The third-order valence-electron chi connectivity index (χ3n) is 6.85. The molecule has 1 aromatic carbocycles. The van der Waals surface area contributed by atoms with E-state index >= 15 is 0 Å². The Labute approximate surface area is 172 Å². The standard InChI is InChI=1S/C26H37NO/c1-2-3-5-21-7-13-24(14-8-21)25-15-9-23(10-16-25)20-28-26-17-11-22(12-18-26)6-4-19-27/h4,6-8,13-14,22-23,25-26H,2-3,5,9-12,15-18,20H2,1H3/b6-4+. The average Bonchev–Trinajstić information content (AvgIpc) is 2.76. The summed E-state index contributed by atoms with van der Waals surface area (Å²) in [6.07, 6.45) is 17.8. The van der Waals surface area contributed by atoms with Crippen LogP contribution in [0.5, 0.6) is 0 Å². The number of hydrogen-bond acceptors (Lipinski definition) is 2. The largest absolute Gasteiger partial charge is 0.378 e. The van der Waals surface area contributed by atoms with Gasteiger partial charge in [0.15, 0.2) is 0 Å². The van der Waals surface area contributed by atoms with Crippen LogP contribution in [0.25, 0.3) is 0 Å². The maximum absolute atomic E-state index is 8.65. The Morgan fingerprint density at radius 1 is 1.00 bits per heavy atom. The summed E-state index contributed by atoms with van der Waals surface area (Å²) in [5.41, 5.74) is 3.04. The molecule has 0 radical (unpaired) electrons. The molecule has 2 aliphatic rings. The van der Waals surface area contributed by atoms with Gasteiger partial charge in [-0.05, 0) is 93.1 Å². The number of hydrogen-bond donors (Lipinski definition) is 0. The zero-order chi connectivity index (χ0) is 19.6. The van der Waals surface area contributed by atoms with E-state index in [2.05, 4.69) is 43.3 Å². The number of nitriles is 1. The number of benzene rings is 1. The van der Waals surface area contributed by atoms with E-state index in [-0.39, 0.29) is 0 Å². The van der Waals surface area contributed by atoms with Crippen LogP contribution in [0.15, 0.2) is 36.4 Å². The molecule has 3 rings (SSSR count). The van der Waals surface area contributed by atoms with Crippen molar-refractivity contribution in [2.24, 2.45) is 11.8 Å². The monoisotopic (exact) mass is 379 g/mol. The van der Waals surface area contributed by atoms with Gasteiger partial charge in [0, 0.05) is 12.7 Å². The van der Waals surface area contributed by atoms with Crippen molar-refractivity contribution in [3.05, 3.63) is 47.5 Å². The highest BCUT2D eigenvalue weighted by molar-refractivity contribution is 5.26. The number of ether oxygens (including phenoxy) is 1. The van der Waals surface area contributed by atoms with E-state index in [0.29, 0.717) is 12.0 Å². The molecule has 0 unspecified atom stereocenters. The molecule has 0 heterocycles. The quantitative estimate of drug-likeness (QED) is 0.457. The Balaban J connectivity index is 1.34. The molecular weight excluding hydrogens is 342 g/mol. The Morgan fingerprint density at radius 2 is 1.71 bits per heavy atom. The molecule has 0 spiro atoms. The predicted molar refractivity (Wildman–Crippen MR) is 116 cm³/mol. The lowest BCUT2D eigenvalue weighted by Crippen LogP contribution is -2.25. The topological polar surface area (TPSA) is 33.0 Å². The zero-order valence-corrected chi connectivity index (χ0v) is 17.6. The highest BCUT2D eigenvalue weighted by Crippen LogP contribution is 2.36. The SMILES string of the molecule is CCCCc1ccc(C2CCC(COC3CCC(/C=C/C#N)CC3)CC2)cc1. The predicted octanol–water partition coefficient (Wildman–Crippen LogP) is 6.96. The Hall–Kier alpha value is -1.59. The number of rotatable bonds is 8. The summed E-state index contributed by atoms with van der Waals surface area (Å²) in [7, 11) is 0. The van der Waals surface area contributed by atoms with Gasteiger partial charge in [0.2, 0.25) is 0 Å². The first-order valence-corrected chi connectivity index (χ1v) is 11.5. The van der Waals surface area contributed by atoms with Gasteiger partial charge in [0.25, 0.3) is 0 Å². The van der Waals surface area contributed by atoms with Crippen molar-refractivity contribution < 1.29 is 4.74 Å². The van der Waals surface area contributed by atoms with Crippen molar-refractivity contribution in [3.8, 4) is 6.07 Å². The first kappa shape index (κ1) is 21.1. The Morgan fingerprint density at radius 3 is 2.36 bits per heavy atom. The first-order valence-electron chi connectivity index (χ1n) is 11.5. The van der Waals surface area contributed by atoms with Gasteiger partial charge in [-0.15, -0.1) is 0 Å². The van der Waals surface area contributed by atoms with Gasteiger partial charge in [-0.1, -0.05) is 43.7 Å². The minimum absolute atomic E-state index is 0.445. The summed E-state index contributed by atoms with van der Waals surface area (Å²) in [4.78, 5) is 0. The molecule has 0 atom stereocenters. The summed E-state index contributed by atoms with van der Waals surface area (Å²) in [5.74, 6) is 2.08. The Kier molecular flexibility index (Phi) is 8.62. The lowest BCUT2D eigenvalue weighted by molar-refractivity contribution is -0.00456. The minimum Gasteiger partial charge on any atom is -0.378 e. The van der Waals surface area contributed by atoms with Crippen LogP contribution in [0.2, 0.25) is 0 Å². The summed E-state index contributed by atoms with van der Waals surface area (Å²) in [6, 6.07) is 11.6.